The van der Waals surface area contributed by atoms with E-state index >= 15 is 0 Å². The monoisotopic (exact) mass is 490 g/mol. The third kappa shape index (κ3) is 4.79. The van der Waals surface area contributed by atoms with Gasteiger partial charge in [0.25, 0.3) is 0 Å². The molecule has 0 aliphatic carbocycles. The highest BCUT2D eigenvalue weighted by atomic mass is 16.6. The molecule has 3 saturated heterocycles. The van der Waals surface area contributed by atoms with E-state index < -0.39 is 35.0 Å². The number of esters is 1. The maximum Gasteiger partial charge on any atom is 0.312 e. The maximum absolute atomic E-state index is 14.1. The SMILES string of the molecule is C=CCCOC(=O)[C@@H]1[C@H]2C(=O)N(CCCO)C(C(=O)N(CC=C)CCCCC)C23CC[C@@]1(CC)O3. The van der Waals surface area contributed by atoms with E-state index in [0.717, 1.165) is 19.3 Å². The van der Waals surface area contributed by atoms with Gasteiger partial charge in [-0.3, -0.25) is 14.4 Å². The van der Waals surface area contributed by atoms with Crippen molar-refractivity contribution in [3.05, 3.63) is 25.3 Å². The summed E-state index contributed by atoms with van der Waals surface area (Å²) in [4.78, 5) is 44.6. The Bertz CT molecular complexity index is 815. The molecule has 8 heteroatoms. The van der Waals surface area contributed by atoms with Gasteiger partial charge in [0, 0.05) is 26.2 Å². The number of amides is 2. The van der Waals surface area contributed by atoms with Crippen LogP contribution in [0.5, 0.6) is 0 Å². The van der Waals surface area contributed by atoms with E-state index in [1.165, 1.54) is 0 Å². The third-order valence-corrected chi connectivity index (χ3v) is 7.98. The Morgan fingerprint density at radius 1 is 1.23 bits per heavy atom. The van der Waals surface area contributed by atoms with Gasteiger partial charge < -0.3 is 24.4 Å². The van der Waals surface area contributed by atoms with E-state index in [9.17, 15) is 19.5 Å². The molecule has 1 spiro atoms. The zero-order chi connectivity index (χ0) is 25.6. The molecule has 3 heterocycles. The number of carbonyl (C=O) groups is 3. The molecule has 2 unspecified atom stereocenters. The summed E-state index contributed by atoms with van der Waals surface area (Å²) >= 11 is 0. The summed E-state index contributed by atoms with van der Waals surface area (Å²) in [7, 11) is 0. The molecule has 2 bridgehead atoms. The molecule has 35 heavy (non-hydrogen) atoms. The smallest absolute Gasteiger partial charge is 0.312 e. The lowest BCUT2D eigenvalue weighted by atomic mass is 9.65. The summed E-state index contributed by atoms with van der Waals surface area (Å²) < 4.78 is 12.3. The maximum atomic E-state index is 14.1. The van der Waals surface area contributed by atoms with Crippen LogP contribution in [0.25, 0.3) is 0 Å². The standard InChI is InChI=1S/C27H42N2O6/c1-5-9-11-16-28(15-7-3)24(32)22-27-14-13-26(8-4,35-27)21(25(33)34-19-10-6-2)20(27)23(31)29(22)17-12-18-30/h6-7,20-22,30H,2-3,5,8-19H2,1,4H3/t20-,21-,22?,26+,27?/m0/s1. The van der Waals surface area contributed by atoms with Crippen LogP contribution < -0.4 is 0 Å². The van der Waals surface area contributed by atoms with Crippen LogP contribution in [0.1, 0.15) is 65.2 Å². The number of aliphatic hydroxyl groups is 1. The molecule has 3 rings (SSSR count). The minimum Gasteiger partial charge on any atom is -0.465 e. The van der Waals surface area contributed by atoms with Crippen LogP contribution >= 0.6 is 0 Å². The molecule has 3 fully saturated rings. The van der Waals surface area contributed by atoms with E-state index in [2.05, 4.69) is 20.1 Å². The van der Waals surface area contributed by atoms with Crippen molar-refractivity contribution in [1.29, 1.82) is 0 Å². The largest absolute Gasteiger partial charge is 0.465 e. The van der Waals surface area contributed by atoms with Gasteiger partial charge in [-0.2, -0.15) is 0 Å². The van der Waals surface area contributed by atoms with Gasteiger partial charge in [0.05, 0.1) is 18.1 Å². The number of ether oxygens (including phenoxy) is 2. The van der Waals surface area contributed by atoms with Gasteiger partial charge in [-0.25, -0.2) is 0 Å². The molecule has 196 valence electrons. The second kappa shape index (κ2) is 11.7. The number of hydrogen-bond acceptors (Lipinski definition) is 6. The molecule has 0 aromatic rings. The van der Waals surface area contributed by atoms with Crippen LogP contribution in [0, 0.1) is 11.8 Å². The summed E-state index contributed by atoms with van der Waals surface area (Å²) in [6.45, 7) is 12.9. The van der Waals surface area contributed by atoms with Gasteiger partial charge in [-0.1, -0.05) is 38.8 Å². The highest BCUT2D eigenvalue weighted by Gasteiger charge is 2.79. The molecular weight excluding hydrogens is 448 g/mol. The summed E-state index contributed by atoms with van der Waals surface area (Å²) in [5.74, 6) is -2.36. The Morgan fingerprint density at radius 3 is 2.63 bits per heavy atom. The molecule has 0 saturated carbocycles. The average Bonchev–Trinajstić information content (AvgIpc) is 3.45. The van der Waals surface area contributed by atoms with Crippen molar-refractivity contribution >= 4 is 17.8 Å². The minimum absolute atomic E-state index is 0.0952. The Morgan fingerprint density at radius 2 is 2.00 bits per heavy atom. The number of hydrogen-bond donors (Lipinski definition) is 1. The predicted molar refractivity (Wildman–Crippen MR) is 132 cm³/mol. The summed E-state index contributed by atoms with van der Waals surface area (Å²) in [6, 6.07) is -0.826. The molecule has 5 atom stereocenters. The van der Waals surface area contributed by atoms with Gasteiger partial charge in [0.2, 0.25) is 11.8 Å². The normalized spacial score (nSPS) is 30.9. The number of unbranched alkanes of at least 4 members (excludes halogenated alkanes) is 2. The Labute approximate surface area is 209 Å². The quantitative estimate of drug-likeness (QED) is 0.215. The van der Waals surface area contributed by atoms with Crippen LogP contribution in [-0.4, -0.2) is 82.8 Å². The fraction of sp³-hybridized carbons (Fsp3) is 0.741. The second-order valence-electron chi connectivity index (χ2n) is 9.97. The first kappa shape index (κ1) is 27.4. The fourth-order valence-electron chi connectivity index (χ4n) is 6.34. The van der Waals surface area contributed by atoms with Crippen LogP contribution in [0.4, 0.5) is 0 Å². The van der Waals surface area contributed by atoms with Gasteiger partial charge in [0.15, 0.2) is 0 Å². The lowest BCUT2D eigenvalue weighted by Gasteiger charge is -2.37. The molecule has 3 aliphatic heterocycles. The molecule has 0 radical (unpaired) electrons. The van der Waals surface area contributed by atoms with E-state index in [-0.39, 0.29) is 31.6 Å². The van der Waals surface area contributed by atoms with Crippen molar-refractivity contribution in [3.63, 3.8) is 0 Å². The van der Waals surface area contributed by atoms with Crippen molar-refractivity contribution in [2.24, 2.45) is 11.8 Å². The minimum atomic E-state index is -1.06. The van der Waals surface area contributed by atoms with Gasteiger partial charge in [-0.05, 0) is 38.5 Å². The summed E-state index contributed by atoms with van der Waals surface area (Å²) in [6.07, 6.45) is 8.86. The van der Waals surface area contributed by atoms with Crippen molar-refractivity contribution in [2.75, 3.05) is 32.8 Å². The number of fused-ring (bicyclic) bond motifs is 1. The number of carbonyl (C=O) groups excluding carboxylic acids is 3. The zero-order valence-corrected chi connectivity index (χ0v) is 21.4. The molecule has 0 aromatic heterocycles. The van der Waals surface area contributed by atoms with Crippen LogP contribution in [-0.2, 0) is 23.9 Å². The van der Waals surface area contributed by atoms with Gasteiger partial charge >= 0.3 is 5.97 Å². The van der Waals surface area contributed by atoms with Crippen molar-refractivity contribution in [1.82, 2.24) is 9.80 Å². The van der Waals surface area contributed by atoms with Gasteiger partial charge in [-0.15, -0.1) is 13.2 Å². The van der Waals surface area contributed by atoms with Crippen molar-refractivity contribution in [2.45, 2.75) is 82.5 Å². The Hall–Kier alpha value is -2.19. The topological polar surface area (TPSA) is 96.4 Å². The summed E-state index contributed by atoms with van der Waals surface area (Å²) in [5, 5.41) is 9.49. The molecular formula is C27H42N2O6. The summed E-state index contributed by atoms with van der Waals surface area (Å²) in [5.41, 5.74) is -1.87. The lowest BCUT2D eigenvalue weighted by Crippen LogP contribution is -2.56. The molecule has 2 amide bonds. The number of aliphatic hydroxyl groups excluding tert-OH is 1. The van der Waals surface area contributed by atoms with Crippen molar-refractivity contribution < 1.29 is 29.0 Å². The molecule has 3 aliphatic rings. The molecule has 1 N–H and O–H groups in total. The Balaban J connectivity index is 1.99. The van der Waals surface area contributed by atoms with Crippen LogP contribution in [0.3, 0.4) is 0 Å². The van der Waals surface area contributed by atoms with E-state index in [1.807, 2.05) is 6.92 Å². The third-order valence-electron chi connectivity index (χ3n) is 7.98. The molecule has 0 aromatic carbocycles. The first-order chi connectivity index (χ1) is 16.9. The fourth-order valence-corrected chi connectivity index (χ4v) is 6.34. The lowest BCUT2D eigenvalue weighted by molar-refractivity contribution is -0.162. The second-order valence-corrected chi connectivity index (χ2v) is 9.97. The van der Waals surface area contributed by atoms with E-state index in [0.29, 0.717) is 45.2 Å². The van der Waals surface area contributed by atoms with Gasteiger partial charge in [0.1, 0.15) is 17.6 Å². The highest BCUT2D eigenvalue weighted by Crippen LogP contribution is 2.64. The molecule has 8 nitrogen and oxygen atoms in total. The van der Waals surface area contributed by atoms with Crippen LogP contribution in [0.2, 0.25) is 0 Å². The first-order valence-corrected chi connectivity index (χ1v) is 13.2. The number of rotatable bonds is 15. The zero-order valence-electron chi connectivity index (χ0n) is 21.4. The average molecular weight is 491 g/mol. The first-order valence-electron chi connectivity index (χ1n) is 13.2. The van der Waals surface area contributed by atoms with Crippen molar-refractivity contribution in [3.8, 4) is 0 Å². The highest BCUT2D eigenvalue weighted by molar-refractivity contribution is 5.98. The Kier molecular flexibility index (Phi) is 9.16. The van der Waals surface area contributed by atoms with Crippen LogP contribution in [0.15, 0.2) is 25.3 Å². The van der Waals surface area contributed by atoms with E-state index in [4.69, 9.17) is 9.47 Å². The predicted octanol–water partition coefficient (Wildman–Crippen LogP) is 2.85. The number of likely N-dealkylation sites (tertiary alicyclic amines) is 1. The van der Waals surface area contributed by atoms with E-state index in [1.54, 1.807) is 22.0 Å². The number of nitrogens with zero attached hydrogens (tertiary/aromatic N) is 2.